The lowest BCUT2D eigenvalue weighted by molar-refractivity contribution is -0.384. The van der Waals surface area contributed by atoms with Crippen molar-refractivity contribution in [3.8, 4) is 5.75 Å². The Hall–Kier alpha value is -3.13. The van der Waals surface area contributed by atoms with Crippen LogP contribution >= 0.6 is 11.6 Å². The van der Waals surface area contributed by atoms with Gasteiger partial charge in [-0.3, -0.25) is 19.7 Å². The molecule has 0 atom stereocenters. The van der Waals surface area contributed by atoms with Gasteiger partial charge in [-0.25, -0.2) is 0 Å². The van der Waals surface area contributed by atoms with Gasteiger partial charge in [-0.1, -0.05) is 36.7 Å². The molecule has 0 saturated carbocycles. The number of hydrogen-bond donors (Lipinski definition) is 2. The van der Waals surface area contributed by atoms with Crippen LogP contribution in [-0.2, 0) is 16.0 Å². The summed E-state index contributed by atoms with van der Waals surface area (Å²) in [6.45, 7) is 1.39. The van der Waals surface area contributed by atoms with Crippen LogP contribution in [0.4, 0.5) is 11.4 Å². The van der Waals surface area contributed by atoms with Crippen LogP contribution in [0.15, 0.2) is 42.5 Å². The maximum Gasteiger partial charge on any atom is 0.271 e. The maximum absolute atomic E-state index is 12.0. The van der Waals surface area contributed by atoms with Crippen LogP contribution in [0.3, 0.4) is 0 Å². The van der Waals surface area contributed by atoms with Crippen molar-refractivity contribution in [1.82, 2.24) is 5.32 Å². The van der Waals surface area contributed by atoms with Crippen LogP contribution < -0.4 is 15.4 Å². The van der Waals surface area contributed by atoms with E-state index >= 15 is 0 Å². The third kappa shape index (κ3) is 5.96. The molecule has 0 saturated heterocycles. The zero-order chi connectivity index (χ0) is 19.8. The fourth-order valence-electron chi connectivity index (χ4n) is 2.24. The Morgan fingerprint density at radius 2 is 1.93 bits per heavy atom. The minimum Gasteiger partial charge on any atom is -0.482 e. The molecule has 0 aliphatic heterocycles. The van der Waals surface area contributed by atoms with Crippen LogP contribution in [0.25, 0.3) is 0 Å². The van der Waals surface area contributed by atoms with Gasteiger partial charge in [0.1, 0.15) is 5.75 Å². The van der Waals surface area contributed by atoms with Crippen molar-refractivity contribution in [2.45, 2.75) is 13.3 Å². The summed E-state index contributed by atoms with van der Waals surface area (Å²) in [6.07, 6.45) is 0.770. The van der Waals surface area contributed by atoms with E-state index in [0.29, 0.717) is 5.69 Å². The first-order chi connectivity index (χ1) is 12.9. The topological polar surface area (TPSA) is 111 Å². The fraction of sp³-hybridized carbons (Fsp3) is 0.222. The molecule has 0 heterocycles. The first-order valence-electron chi connectivity index (χ1n) is 8.12. The molecule has 0 spiro atoms. The number of nitro groups is 1. The van der Waals surface area contributed by atoms with Crippen molar-refractivity contribution in [2.75, 3.05) is 18.5 Å². The summed E-state index contributed by atoms with van der Waals surface area (Å²) in [6, 6.07) is 11.1. The number of nitrogens with one attached hydrogen (secondary N) is 2. The van der Waals surface area contributed by atoms with E-state index in [0.717, 1.165) is 18.1 Å². The number of non-ortho nitro benzene ring substituents is 1. The summed E-state index contributed by atoms with van der Waals surface area (Å²) in [5, 5.41) is 15.8. The summed E-state index contributed by atoms with van der Waals surface area (Å²) in [7, 11) is 0. The predicted molar refractivity (Wildman–Crippen MR) is 101 cm³/mol. The average Bonchev–Trinajstić information content (AvgIpc) is 2.65. The maximum atomic E-state index is 12.0. The second kappa shape index (κ2) is 9.54. The minimum absolute atomic E-state index is 0.0194. The highest BCUT2D eigenvalue weighted by molar-refractivity contribution is 6.32. The third-order valence-electron chi connectivity index (χ3n) is 3.60. The molecule has 2 aromatic rings. The van der Waals surface area contributed by atoms with E-state index in [1.54, 1.807) is 6.07 Å². The van der Waals surface area contributed by atoms with E-state index in [1.165, 1.54) is 12.1 Å². The smallest absolute Gasteiger partial charge is 0.271 e. The number of aryl methyl sites for hydroxylation is 1. The SMILES string of the molecule is CCc1ccccc1NC(=O)CNC(=O)COc1ccc([N+](=O)[O-])cc1Cl. The van der Waals surface area contributed by atoms with Gasteiger partial charge in [0.05, 0.1) is 16.5 Å². The Balaban J connectivity index is 1.81. The molecule has 0 bridgehead atoms. The number of anilines is 1. The van der Waals surface area contributed by atoms with Gasteiger partial charge >= 0.3 is 0 Å². The van der Waals surface area contributed by atoms with E-state index in [9.17, 15) is 19.7 Å². The second-order valence-electron chi connectivity index (χ2n) is 5.50. The number of benzene rings is 2. The molecule has 0 fully saturated rings. The van der Waals surface area contributed by atoms with E-state index < -0.39 is 10.8 Å². The average molecular weight is 392 g/mol. The van der Waals surface area contributed by atoms with Gasteiger partial charge in [0.15, 0.2) is 6.61 Å². The van der Waals surface area contributed by atoms with E-state index in [1.807, 2.05) is 25.1 Å². The Kier molecular flexibility index (Phi) is 7.13. The first-order valence-corrected chi connectivity index (χ1v) is 8.49. The zero-order valence-electron chi connectivity index (χ0n) is 14.5. The number of nitro benzene ring substituents is 1. The van der Waals surface area contributed by atoms with E-state index in [2.05, 4.69) is 10.6 Å². The van der Waals surface area contributed by atoms with Gasteiger partial charge in [-0.15, -0.1) is 0 Å². The molecule has 142 valence electrons. The molecule has 2 amide bonds. The molecular formula is C18H18ClN3O5. The highest BCUT2D eigenvalue weighted by Crippen LogP contribution is 2.28. The summed E-state index contributed by atoms with van der Waals surface area (Å²) in [4.78, 5) is 33.8. The van der Waals surface area contributed by atoms with Crippen molar-refractivity contribution >= 4 is 34.8 Å². The summed E-state index contributed by atoms with van der Waals surface area (Å²) in [5.41, 5.74) is 1.52. The lowest BCUT2D eigenvalue weighted by Gasteiger charge is -2.11. The van der Waals surface area contributed by atoms with Crippen molar-refractivity contribution in [1.29, 1.82) is 0 Å². The minimum atomic E-state index is -0.586. The lowest BCUT2D eigenvalue weighted by atomic mass is 10.1. The monoisotopic (exact) mass is 391 g/mol. The number of amides is 2. The fourth-order valence-corrected chi connectivity index (χ4v) is 2.47. The number of carbonyl (C=O) groups is 2. The lowest BCUT2D eigenvalue weighted by Crippen LogP contribution is -2.35. The van der Waals surface area contributed by atoms with Crippen LogP contribution in [0.1, 0.15) is 12.5 Å². The van der Waals surface area contributed by atoms with E-state index in [4.69, 9.17) is 16.3 Å². The number of nitrogens with zero attached hydrogens (tertiary/aromatic N) is 1. The van der Waals surface area contributed by atoms with Crippen molar-refractivity contribution in [3.05, 3.63) is 63.2 Å². The standard InChI is InChI=1S/C18H18ClN3O5/c1-2-12-5-3-4-6-15(12)21-17(23)10-20-18(24)11-27-16-8-7-13(22(25)26)9-14(16)19/h3-9H,2,10-11H2,1H3,(H,20,24)(H,21,23). The number of rotatable bonds is 8. The van der Waals surface area contributed by atoms with Crippen molar-refractivity contribution in [2.24, 2.45) is 0 Å². The van der Waals surface area contributed by atoms with Crippen LogP contribution in [0.2, 0.25) is 5.02 Å². The summed E-state index contributed by atoms with van der Waals surface area (Å²) in [5.74, 6) is -0.750. The summed E-state index contributed by atoms with van der Waals surface area (Å²) >= 11 is 5.88. The number of carbonyl (C=O) groups excluding carboxylic acids is 2. The molecule has 0 unspecified atom stereocenters. The van der Waals surface area contributed by atoms with Crippen LogP contribution in [0, 0.1) is 10.1 Å². The molecule has 8 nitrogen and oxygen atoms in total. The molecule has 9 heteroatoms. The molecule has 2 aromatic carbocycles. The third-order valence-corrected chi connectivity index (χ3v) is 3.90. The molecule has 0 radical (unpaired) electrons. The first kappa shape index (κ1) is 20.2. The number of para-hydroxylation sites is 1. The van der Waals surface area contributed by atoms with Crippen LogP contribution in [0.5, 0.6) is 5.75 Å². The molecular weight excluding hydrogens is 374 g/mol. The molecule has 2 N–H and O–H groups in total. The Labute approximate surface area is 160 Å². The van der Waals surface area contributed by atoms with Gasteiger partial charge < -0.3 is 15.4 Å². The zero-order valence-corrected chi connectivity index (χ0v) is 15.3. The molecule has 27 heavy (non-hydrogen) atoms. The highest BCUT2D eigenvalue weighted by Gasteiger charge is 2.12. The molecule has 0 aliphatic rings. The molecule has 2 rings (SSSR count). The molecule has 0 aromatic heterocycles. The quantitative estimate of drug-likeness (QED) is 0.531. The Bertz CT molecular complexity index is 857. The number of halogens is 1. The predicted octanol–water partition coefficient (Wildman–Crippen LogP) is 2.94. The normalized spacial score (nSPS) is 10.1. The van der Waals surface area contributed by atoms with E-state index in [-0.39, 0.29) is 35.5 Å². The Morgan fingerprint density at radius 3 is 2.59 bits per heavy atom. The van der Waals surface area contributed by atoms with Gasteiger partial charge in [0.25, 0.3) is 11.6 Å². The number of hydrogen-bond acceptors (Lipinski definition) is 5. The molecule has 0 aliphatic carbocycles. The van der Waals surface area contributed by atoms with Gasteiger partial charge in [0, 0.05) is 17.8 Å². The number of ether oxygens (including phenoxy) is 1. The van der Waals surface area contributed by atoms with Crippen molar-refractivity contribution < 1.29 is 19.2 Å². The largest absolute Gasteiger partial charge is 0.482 e. The van der Waals surface area contributed by atoms with Gasteiger partial charge in [-0.05, 0) is 24.1 Å². The highest BCUT2D eigenvalue weighted by atomic mass is 35.5. The van der Waals surface area contributed by atoms with Gasteiger partial charge in [0.2, 0.25) is 5.91 Å². The van der Waals surface area contributed by atoms with Crippen LogP contribution in [-0.4, -0.2) is 29.9 Å². The van der Waals surface area contributed by atoms with Crippen molar-refractivity contribution in [3.63, 3.8) is 0 Å². The van der Waals surface area contributed by atoms with Gasteiger partial charge in [-0.2, -0.15) is 0 Å². The summed E-state index contributed by atoms with van der Waals surface area (Å²) < 4.78 is 5.22. The second-order valence-corrected chi connectivity index (χ2v) is 5.90. The Morgan fingerprint density at radius 1 is 1.19 bits per heavy atom.